The largest absolute Gasteiger partial charge is 0.493 e. The van der Waals surface area contributed by atoms with Crippen molar-refractivity contribution in [2.45, 2.75) is 58.6 Å². The van der Waals surface area contributed by atoms with Crippen molar-refractivity contribution in [3.63, 3.8) is 0 Å². The molecule has 0 unspecified atom stereocenters. The first-order chi connectivity index (χ1) is 24.7. The Morgan fingerprint density at radius 1 is 1.02 bits per heavy atom. The van der Waals surface area contributed by atoms with Gasteiger partial charge in [0, 0.05) is 55.8 Å². The lowest BCUT2D eigenvalue weighted by atomic mass is 9.93. The summed E-state index contributed by atoms with van der Waals surface area (Å²) in [5.74, 6) is 0.415. The minimum atomic E-state index is -1.19. The standard InChI is InChI=1S/C39H43ClN4O7/c1-25-29(6-3-7-32(25)33-8-4-9-36(26(33)2)49-13-5-11-44-12-10-31(46)21-44)24-51-38-16-37(50-23-28-14-27(17-41)18-42-19-28)30(15-34(38)40)20-43-35(22-45)39(47)48/h3-4,6-9,14-16,18-19,31,35,43,45-46H,5,10-13,20-24H2,1-2H3,(H,47,48)/t31-,35-/m0/s1. The third-order valence-corrected chi connectivity index (χ3v) is 9.28. The van der Waals surface area contributed by atoms with Crippen molar-refractivity contribution < 1.29 is 34.3 Å². The van der Waals surface area contributed by atoms with Crippen LogP contribution in [0.4, 0.5) is 0 Å². The van der Waals surface area contributed by atoms with Gasteiger partial charge in [0.25, 0.3) is 0 Å². The van der Waals surface area contributed by atoms with Crippen molar-refractivity contribution in [2.75, 3.05) is 32.8 Å². The first-order valence-electron chi connectivity index (χ1n) is 16.9. The van der Waals surface area contributed by atoms with E-state index < -0.39 is 18.6 Å². The Labute approximate surface area is 303 Å². The molecule has 3 aromatic carbocycles. The van der Waals surface area contributed by atoms with Crippen LogP contribution >= 0.6 is 11.6 Å². The molecular formula is C39H43ClN4O7. The fourth-order valence-electron chi connectivity index (χ4n) is 6.05. The summed E-state index contributed by atoms with van der Waals surface area (Å²) in [6.45, 7) is 7.04. The number of nitriles is 1. The molecule has 268 valence electrons. The molecule has 4 N–H and O–H groups in total. The van der Waals surface area contributed by atoms with E-state index in [9.17, 15) is 25.4 Å². The monoisotopic (exact) mass is 714 g/mol. The summed E-state index contributed by atoms with van der Waals surface area (Å²) in [7, 11) is 0. The van der Waals surface area contributed by atoms with E-state index in [1.807, 2.05) is 24.3 Å². The van der Waals surface area contributed by atoms with Crippen LogP contribution in [0.1, 0.15) is 46.2 Å². The van der Waals surface area contributed by atoms with Crippen LogP contribution in [0.15, 0.2) is 67.0 Å². The van der Waals surface area contributed by atoms with Crippen LogP contribution in [0.25, 0.3) is 11.1 Å². The zero-order valence-electron chi connectivity index (χ0n) is 28.8. The van der Waals surface area contributed by atoms with Crippen molar-refractivity contribution in [3.05, 3.63) is 105 Å². The predicted molar refractivity (Wildman–Crippen MR) is 193 cm³/mol. The van der Waals surface area contributed by atoms with Gasteiger partial charge < -0.3 is 34.4 Å². The van der Waals surface area contributed by atoms with Crippen molar-refractivity contribution >= 4 is 17.6 Å². The number of aliphatic carboxylic acids is 1. The second kappa shape index (κ2) is 18.0. The maximum absolute atomic E-state index is 11.5. The zero-order chi connectivity index (χ0) is 36.3. The van der Waals surface area contributed by atoms with Gasteiger partial charge in [0.15, 0.2) is 0 Å². The number of pyridine rings is 1. The lowest BCUT2D eigenvalue weighted by molar-refractivity contribution is -0.140. The molecule has 0 aliphatic carbocycles. The Morgan fingerprint density at radius 2 is 1.78 bits per heavy atom. The van der Waals surface area contributed by atoms with E-state index in [0.29, 0.717) is 39.8 Å². The molecule has 12 heteroatoms. The number of hydrogen-bond acceptors (Lipinski definition) is 10. The fourth-order valence-corrected chi connectivity index (χ4v) is 6.29. The van der Waals surface area contributed by atoms with Crippen molar-refractivity contribution in [2.24, 2.45) is 0 Å². The van der Waals surface area contributed by atoms with Gasteiger partial charge >= 0.3 is 5.97 Å². The van der Waals surface area contributed by atoms with E-state index in [1.54, 1.807) is 24.4 Å². The number of hydrogen-bond donors (Lipinski definition) is 4. The first-order valence-corrected chi connectivity index (χ1v) is 17.2. The molecule has 0 radical (unpaired) electrons. The van der Waals surface area contributed by atoms with Gasteiger partial charge in [-0.1, -0.05) is 41.9 Å². The minimum Gasteiger partial charge on any atom is -0.493 e. The van der Waals surface area contributed by atoms with Crippen LogP contribution in [-0.2, 0) is 24.6 Å². The van der Waals surface area contributed by atoms with E-state index in [1.165, 1.54) is 6.20 Å². The van der Waals surface area contributed by atoms with Gasteiger partial charge in [-0.3, -0.25) is 15.1 Å². The fraction of sp³-hybridized carbons (Fsp3) is 0.359. The van der Waals surface area contributed by atoms with Crippen LogP contribution in [0, 0.1) is 25.2 Å². The lowest BCUT2D eigenvalue weighted by Gasteiger charge is -2.19. The molecule has 1 saturated heterocycles. The number of nitrogens with one attached hydrogen (secondary N) is 1. The molecule has 51 heavy (non-hydrogen) atoms. The number of rotatable bonds is 17. The topological polar surface area (TPSA) is 157 Å². The first kappa shape index (κ1) is 37.6. The zero-order valence-corrected chi connectivity index (χ0v) is 29.5. The van der Waals surface area contributed by atoms with Crippen molar-refractivity contribution in [1.29, 1.82) is 5.26 Å². The number of aliphatic hydroxyl groups is 2. The molecule has 1 aromatic heterocycles. The van der Waals surface area contributed by atoms with E-state index in [-0.39, 0.29) is 25.9 Å². The number of β-amino-alcohol motifs (C(OH)–C–C–N with tert-alkyl or cyclic N) is 1. The van der Waals surface area contributed by atoms with Crippen LogP contribution in [0.3, 0.4) is 0 Å². The summed E-state index contributed by atoms with van der Waals surface area (Å²) in [5, 5.41) is 41.0. The molecule has 0 amide bonds. The summed E-state index contributed by atoms with van der Waals surface area (Å²) in [5.41, 5.74) is 6.81. The second-order valence-electron chi connectivity index (χ2n) is 12.6. The minimum absolute atomic E-state index is 0.0508. The molecule has 2 heterocycles. The van der Waals surface area contributed by atoms with Crippen LogP contribution in [0.2, 0.25) is 5.02 Å². The van der Waals surface area contributed by atoms with E-state index in [4.69, 9.17) is 25.8 Å². The van der Waals surface area contributed by atoms with Gasteiger partial charge in [0.05, 0.1) is 29.9 Å². The highest BCUT2D eigenvalue weighted by atomic mass is 35.5. The van der Waals surface area contributed by atoms with E-state index in [2.05, 4.69) is 47.3 Å². The molecular weight excluding hydrogens is 672 g/mol. The highest BCUT2D eigenvalue weighted by molar-refractivity contribution is 6.32. The number of ether oxygens (including phenoxy) is 3. The Balaban J connectivity index is 1.31. The summed E-state index contributed by atoms with van der Waals surface area (Å²) in [4.78, 5) is 17.8. The number of carbonyl (C=O) groups is 1. The van der Waals surface area contributed by atoms with Crippen LogP contribution in [0.5, 0.6) is 17.2 Å². The smallest absolute Gasteiger partial charge is 0.323 e. The Hall–Kier alpha value is -4.70. The molecule has 0 spiro atoms. The predicted octanol–water partition coefficient (Wildman–Crippen LogP) is 5.42. The second-order valence-corrected chi connectivity index (χ2v) is 13.0. The quantitative estimate of drug-likeness (QED) is 0.104. The highest BCUT2D eigenvalue weighted by Gasteiger charge is 2.20. The molecule has 11 nitrogen and oxygen atoms in total. The Kier molecular flexibility index (Phi) is 13.2. The van der Waals surface area contributed by atoms with Crippen molar-refractivity contribution in [3.8, 4) is 34.4 Å². The molecule has 4 aromatic rings. The molecule has 5 rings (SSSR count). The van der Waals surface area contributed by atoms with Gasteiger partial charge in [-0.25, -0.2) is 0 Å². The number of aliphatic hydroxyl groups excluding tert-OH is 2. The van der Waals surface area contributed by atoms with Crippen LogP contribution < -0.4 is 19.5 Å². The van der Waals surface area contributed by atoms with E-state index in [0.717, 1.165) is 66.0 Å². The van der Waals surface area contributed by atoms with Gasteiger partial charge in [0.1, 0.15) is 42.6 Å². The van der Waals surface area contributed by atoms with Crippen LogP contribution in [-0.4, -0.2) is 76.2 Å². The van der Waals surface area contributed by atoms with Gasteiger partial charge in [-0.15, -0.1) is 0 Å². The summed E-state index contributed by atoms with van der Waals surface area (Å²) < 4.78 is 18.6. The molecule has 0 saturated carbocycles. The number of aromatic nitrogens is 1. The maximum Gasteiger partial charge on any atom is 0.323 e. The Morgan fingerprint density at radius 3 is 2.51 bits per heavy atom. The van der Waals surface area contributed by atoms with Gasteiger partial charge in [-0.2, -0.15) is 5.26 Å². The molecule has 1 aliphatic heterocycles. The summed E-state index contributed by atoms with van der Waals surface area (Å²) in [6.07, 6.45) is 4.55. The summed E-state index contributed by atoms with van der Waals surface area (Å²) >= 11 is 6.69. The number of benzene rings is 3. The van der Waals surface area contributed by atoms with Gasteiger partial charge in [-0.05, 0) is 72.7 Å². The van der Waals surface area contributed by atoms with Crippen molar-refractivity contribution in [1.82, 2.24) is 15.2 Å². The van der Waals surface area contributed by atoms with Gasteiger partial charge in [0.2, 0.25) is 0 Å². The van der Waals surface area contributed by atoms with E-state index >= 15 is 0 Å². The summed E-state index contributed by atoms with van der Waals surface area (Å²) in [6, 6.07) is 18.0. The maximum atomic E-state index is 11.5. The average molecular weight is 715 g/mol. The lowest BCUT2D eigenvalue weighted by Crippen LogP contribution is -2.39. The molecule has 2 atom stereocenters. The molecule has 1 fully saturated rings. The third kappa shape index (κ3) is 9.97. The molecule has 1 aliphatic rings. The third-order valence-electron chi connectivity index (χ3n) is 8.98. The Bertz CT molecular complexity index is 1860. The number of halogens is 1. The average Bonchev–Trinajstić information content (AvgIpc) is 3.55. The SMILES string of the molecule is Cc1c(COc2cc(OCc3cncc(C#N)c3)c(CN[C@@H](CO)C(=O)O)cc2Cl)cccc1-c1cccc(OCCCN2CC[C@H](O)C2)c1C. The number of likely N-dealkylation sites (tertiary alicyclic amines) is 1. The highest BCUT2D eigenvalue weighted by Crippen LogP contribution is 2.36. The normalized spacial score (nSPS) is 14.9. The number of nitrogens with zero attached hydrogens (tertiary/aromatic N) is 3. The number of carboxylic acids is 1. The number of carboxylic acid groups (broad SMARTS) is 1. The molecule has 0 bridgehead atoms.